The van der Waals surface area contributed by atoms with Crippen molar-refractivity contribution in [2.45, 2.75) is 36.0 Å². The topological polar surface area (TPSA) is 46.2 Å². The van der Waals surface area contributed by atoms with Crippen LogP contribution in [0.1, 0.15) is 20.8 Å². The van der Waals surface area contributed by atoms with Crippen molar-refractivity contribution >= 4 is 37.6 Å². The van der Waals surface area contributed by atoms with E-state index in [4.69, 9.17) is 11.6 Å². The number of rotatable bonds is 4. The number of hydrogen-bond acceptors (Lipinski definition) is 2. The normalized spacial score (nSPS) is 14.6. The van der Waals surface area contributed by atoms with Crippen LogP contribution in [0, 0.1) is 0 Å². The van der Waals surface area contributed by atoms with E-state index in [0.29, 0.717) is 0 Å². The molecule has 0 aliphatic carbocycles. The van der Waals surface area contributed by atoms with Crippen LogP contribution in [0.15, 0.2) is 29.2 Å². The Balaban J connectivity index is 3.11. The van der Waals surface area contributed by atoms with Gasteiger partial charge in [0.25, 0.3) is 0 Å². The predicted molar refractivity (Wildman–Crippen MR) is 74.2 cm³/mol. The number of nitrogens with one attached hydrogen (secondary N) is 1. The Bertz CT molecular complexity index is 500. The molecular formula is C11H15BrClNO2S. The summed E-state index contributed by atoms with van der Waals surface area (Å²) in [6, 6.07) is 6.38. The number of sulfonamides is 1. The van der Waals surface area contributed by atoms with E-state index in [1.807, 2.05) is 6.92 Å². The molecule has 0 aliphatic heterocycles. The Morgan fingerprint density at radius 1 is 1.35 bits per heavy atom. The van der Waals surface area contributed by atoms with E-state index in [1.165, 1.54) is 6.07 Å². The Hall–Kier alpha value is -0.100. The van der Waals surface area contributed by atoms with Gasteiger partial charge in [-0.3, -0.25) is 0 Å². The highest BCUT2D eigenvalue weighted by atomic mass is 79.9. The van der Waals surface area contributed by atoms with Crippen molar-refractivity contribution in [2.75, 3.05) is 0 Å². The highest BCUT2D eigenvalue weighted by Crippen LogP contribution is 2.24. The van der Waals surface area contributed by atoms with Crippen LogP contribution >= 0.6 is 27.5 Å². The molecule has 0 spiro atoms. The molecule has 1 rings (SSSR count). The molecule has 0 heterocycles. The first kappa shape index (κ1) is 15.0. The molecule has 1 aromatic carbocycles. The van der Waals surface area contributed by atoms with Crippen LogP contribution in [0.25, 0.3) is 0 Å². The standard InChI is InChI=1S/C11H15BrClNO2S/c1-8(12)11(2,3)14-17(15,16)10-7-5-4-6-9(10)13/h4-8,14H,1-3H3. The van der Waals surface area contributed by atoms with Crippen LogP contribution in [-0.2, 0) is 10.0 Å². The van der Waals surface area contributed by atoms with Crippen molar-refractivity contribution < 1.29 is 8.42 Å². The molecule has 3 nitrogen and oxygen atoms in total. The summed E-state index contributed by atoms with van der Waals surface area (Å²) in [6.45, 7) is 5.50. The molecule has 6 heteroatoms. The van der Waals surface area contributed by atoms with E-state index in [1.54, 1.807) is 32.0 Å². The smallest absolute Gasteiger partial charge is 0.207 e. The van der Waals surface area contributed by atoms with Crippen molar-refractivity contribution in [3.05, 3.63) is 29.3 Å². The monoisotopic (exact) mass is 339 g/mol. The maximum absolute atomic E-state index is 12.2. The minimum atomic E-state index is -3.61. The summed E-state index contributed by atoms with van der Waals surface area (Å²) in [4.78, 5) is 0.0927. The van der Waals surface area contributed by atoms with Gasteiger partial charge in [-0.1, -0.05) is 46.6 Å². The molecule has 0 bridgehead atoms. The quantitative estimate of drug-likeness (QED) is 0.856. The fourth-order valence-corrected chi connectivity index (χ4v) is 3.41. The summed E-state index contributed by atoms with van der Waals surface area (Å²) < 4.78 is 26.9. The Morgan fingerprint density at radius 3 is 2.35 bits per heavy atom. The van der Waals surface area contributed by atoms with Gasteiger partial charge in [0, 0.05) is 10.4 Å². The number of benzene rings is 1. The molecule has 0 fully saturated rings. The maximum Gasteiger partial charge on any atom is 0.242 e. The van der Waals surface area contributed by atoms with Crippen molar-refractivity contribution in [1.29, 1.82) is 0 Å². The molecule has 0 aromatic heterocycles. The molecule has 0 saturated heterocycles. The number of hydrogen-bond donors (Lipinski definition) is 1. The molecule has 0 saturated carbocycles. The van der Waals surface area contributed by atoms with Crippen molar-refractivity contribution in [3.63, 3.8) is 0 Å². The van der Waals surface area contributed by atoms with E-state index in [9.17, 15) is 8.42 Å². The Kier molecular flexibility index (Phi) is 4.63. The summed E-state index contributed by atoms with van der Waals surface area (Å²) in [6.07, 6.45) is 0. The second kappa shape index (κ2) is 5.26. The van der Waals surface area contributed by atoms with Gasteiger partial charge in [-0.25, -0.2) is 13.1 Å². The van der Waals surface area contributed by atoms with Gasteiger partial charge in [0.15, 0.2) is 0 Å². The summed E-state index contributed by atoms with van der Waals surface area (Å²) in [5, 5.41) is 0.220. The zero-order chi connectivity index (χ0) is 13.3. The van der Waals surface area contributed by atoms with Crippen molar-refractivity contribution in [1.82, 2.24) is 4.72 Å². The molecular weight excluding hydrogens is 326 g/mol. The summed E-state index contributed by atoms with van der Waals surface area (Å²) in [5.41, 5.74) is -0.599. The van der Waals surface area contributed by atoms with Crippen LogP contribution in [-0.4, -0.2) is 18.8 Å². The highest BCUT2D eigenvalue weighted by Gasteiger charge is 2.30. The molecule has 1 atom stereocenters. The molecule has 0 radical (unpaired) electrons. The van der Waals surface area contributed by atoms with E-state index < -0.39 is 15.6 Å². The zero-order valence-corrected chi connectivity index (χ0v) is 13.0. The number of alkyl halides is 1. The SMILES string of the molecule is CC(Br)C(C)(C)NS(=O)(=O)c1ccccc1Cl. The lowest BCUT2D eigenvalue weighted by molar-refractivity contribution is 0.454. The van der Waals surface area contributed by atoms with E-state index >= 15 is 0 Å². The van der Waals surface area contributed by atoms with E-state index in [2.05, 4.69) is 20.7 Å². The van der Waals surface area contributed by atoms with Gasteiger partial charge in [-0.05, 0) is 26.0 Å². The van der Waals surface area contributed by atoms with Crippen LogP contribution in [0.4, 0.5) is 0 Å². The van der Waals surface area contributed by atoms with E-state index in [-0.39, 0.29) is 14.7 Å². The van der Waals surface area contributed by atoms with Crippen LogP contribution in [0.3, 0.4) is 0 Å². The first-order valence-corrected chi connectivity index (χ1v) is 7.87. The van der Waals surface area contributed by atoms with Gasteiger partial charge in [0.05, 0.1) is 5.02 Å². The van der Waals surface area contributed by atoms with Crippen LogP contribution in [0.5, 0.6) is 0 Å². The lowest BCUT2D eigenvalue weighted by Gasteiger charge is -2.29. The fourth-order valence-electron chi connectivity index (χ4n) is 1.15. The zero-order valence-electron chi connectivity index (χ0n) is 9.87. The minimum Gasteiger partial charge on any atom is -0.207 e. The summed E-state index contributed by atoms with van der Waals surface area (Å²) >= 11 is 9.27. The van der Waals surface area contributed by atoms with Gasteiger partial charge in [0.1, 0.15) is 4.90 Å². The van der Waals surface area contributed by atoms with Gasteiger partial charge in [-0.2, -0.15) is 0 Å². The molecule has 0 aliphatic rings. The highest BCUT2D eigenvalue weighted by molar-refractivity contribution is 9.09. The average molecular weight is 341 g/mol. The van der Waals surface area contributed by atoms with Gasteiger partial charge >= 0.3 is 0 Å². The first-order chi connectivity index (χ1) is 7.67. The Morgan fingerprint density at radius 2 is 1.88 bits per heavy atom. The lowest BCUT2D eigenvalue weighted by Crippen LogP contribution is -2.48. The molecule has 1 unspecified atom stereocenters. The molecule has 0 amide bonds. The van der Waals surface area contributed by atoms with Gasteiger partial charge in [0.2, 0.25) is 10.0 Å². The van der Waals surface area contributed by atoms with Crippen LogP contribution < -0.4 is 4.72 Å². The second-order valence-electron chi connectivity index (χ2n) is 4.37. The summed E-state index contributed by atoms with van der Waals surface area (Å²) in [7, 11) is -3.61. The molecule has 1 aromatic rings. The third kappa shape index (κ3) is 3.68. The van der Waals surface area contributed by atoms with Crippen molar-refractivity contribution in [3.8, 4) is 0 Å². The van der Waals surface area contributed by atoms with Crippen molar-refractivity contribution in [2.24, 2.45) is 0 Å². The predicted octanol–water partition coefficient (Wildman–Crippen LogP) is 3.18. The van der Waals surface area contributed by atoms with E-state index in [0.717, 1.165) is 0 Å². The summed E-state index contributed by atoms with van der Waals surface area (Å²) in [5.74, 6) is 0. The first-order valence-electron chi connectivity index (χ1n) is 5.09. The third-order valence-corrected chi connectivity index (χ3v) is 5.83. The van der Waals surface area contributed by atoms with Gasteiger partial charge < -0.3 is 0 Å². The lowest BCUT2D eigenvalue weighted by atomic mass is 10.0. The second-order valence-corrected chi connectivity index (χ2v) is 7.81. The Labute approximate surface area is 116 Å². The van der Waals surface area contributed by atoms with Gasteiger partial charge in [-0.15, -0.1) is 0 Å². The maximum atomic E-state index is 12.2. The number of halogens is 2. The molecule has 1 N–H and O–H groups in total. The average Bonchev–Trinajstić information content (AvgIpc) is 2.16. The van der Waals surface area contributed by atoms with Crippen LogP contribution in [0.2, 0.25) is 5.02 Å². The largest absolute Gasteiger partial charge is 0.242 e. The minimum absolute atomic E-state index is 0.00716. The molecule has 17 heavy (non-hydrogen) atoms. The third-order valence-electron chi connectivity index (χ3n) is 2.52. The fraction of sp³-hybridized carbons (Fsp3) is 0.455. The molecule has 96 valence electrons.